The van der Waals surface area contributed by atoms with Gasteiger partial charge in [0.1, 0.15) is 5.75 Å². The number of rotatable bonds is 8. The van der Waals surface area contributed by atoms with Gasteiger partial charge in [0, 0.05) is 7.05 Å². The SMILES string of the molecule is CCS(=O)(=O)N(C)CC(=O)NC(C(=O)O)c1ccc(OC)cc1. The molecule has 1 amide bonds. The standard InChI is InChI=1S/C14H20N2O6S/c1-4-23(20,21)16(2)9-12(17)15-13(14(18)19)10-5-7-11(22-3)8-6-10/h5-8,13H,4,9H2,1-3H3,(H,15,17)(H,18,19). The van der Waals surface area contributed by atoms with E-state index < -0.39 is 34.5 Å². The van der Waals surface area contributed by atoms with Gasteiger partial charge in [-0.1, -0.05) is 12.1 Å². The first kappa shape index (κ1) is 18.9. The lowest BCUT2D eigenvalue weighted by Gasteiger charge is -2.19. The van der Waals surface area contributed by atoms with Crippen LogP contribution in [0.5, 0.6) is 5.75 Å². The van der Waals surface area contributed by atoms with Crippen molar-refractivity contribution in [3.05, 3.63) is 29.8 Å². The monoisotopic (exact) mass is 344 g/mol. The number of hydrogen-bond donors (Lipinski definition) is 2. The molecule has 1 aromatic carbocycles. The molecule has 0 heterocycles. The van der Waals surface area contributed by atoms with Crippen LogP contribution >= 0.6 is 0 Å². The number of benzene rings is 1. The summed E-state index contributed by atoms with van der Waals surface area (Å²) in [6.07, 6.45) is 0. The summed E-state index contributed by atoms with van der Waals surface area (Å²) in [5.74, 6) is -1.53. The smallest absolute Gasteiger partial charge is 0.330 e. The number of nitrogens with one attached hydrogen (secondary N) is 1. The molecule has 0 spiro atoms. The summed E-state index contributed by atoms with van der Waals surface area (Å²) in [4.78, 5) is 23.3. The van der Waals surface area contributed by atoms with Crippen molar-refractivity contribution < 1.29 is 27.9 Å². The number of likely N-dealkylation sites (N-methyl/N-ethyl adjacent to an activating group) is 1. The largest absolute Gasteiger partial charge is 0.497 e. The van der Waals surface area contributed by atoms with Gasteiger partial charge in [-0.15, -0.1) is 0 Å². The predicted molar refractivity (Wildman–Crippen MR) is 83.6 cm³/mol. The molecule has 0 aliphatic rings. The molecule has 8 nitrogen and oxygen atoms in total. The van der Waals surface area contributed by atoms with Crippen LogP contribution in [-0.4, -0.2) is 56.2 Å². The van der Waals surface area contributed by atoms with Gasteiger partial charge in [0.05, 0.1) is 19.4 Å². The summed E-state index contributed by atoms with van der Waals surface area (Å²) >= 11 is 0. The molecule has 1 unspecified atom stereocenters. The van der Waals surface area contributed by atoms with Gasteiger partial charge in [-0.2, -0.15) is 4.31 Å². The van der Waals surface area contributed by atoms with Crippen molar-refractivity contribution in [2.75, 3.05) is 26.5 Å². The Morgan fingerprint density at radius 1 is 1.30 bits per heavy atom. The molecule has 2 N–H and O–H groups in total. The van der Waals surface area contributed by atoms with Crippen LogP contribution < -0.4 is 10.1 Å². The number of carboxylic acid groups (broad SMARTS) is 1. The van der Waals surface area contributed by atoms with E-state index in [-0.39, 0.29) is 5.75 Å². The highest BCUT2D eigenvalue weighted by Gasteiger charge is 2.24. The van der Waals surface area contributed by atoms with Crippen LogP contribution in [0.2, 0.25) is 0 Å². The third kappa shape index (κ3) is 5.22. The number of methoxy groups -OCH3 is 1. The third-order valence-corrected chi connectivity index (χ3v) is 5.02. The van der Waals surface area contributed by atoms with Gasteiger partial charge in [0.25, 0.3) is 0 Å². The first-order valence-corrected chi connectivity index (χ1v) is 8.42. The molecule has 128 valence electrons. The second-order valence-corrected chi connectivity index (χ2v) is 7.13. The zero-order valence-electron chi connectivity index (χ0n) is 13.1. The molecule has 9 heteroatoms. The molecule has 1 aromatic rings. The maximum absolute atomic E-state index is 11.9. The van der Waals surface area contributed by atoms with E-state index in [0.717, 1.165) is 4.31 Å². The molecule has 0 radical (unpaired) electrons. The van der Waals surface area contributed by atoms with Crippen LogP contribution in [0.3, 0.4) is 0 Å². The first-order valence-electron chi connectivity index (χ1n) is 6.81. The summed E-state index contributed by atoms with van der Waals surface area (Å²) in [7, 11) is -0.767. The Hall–Kier alpha value is -2.13. The highest BCUT2D eigenvalue weighted by atomic mass is 32.2. The first-order chi connectivity index (χ1) is 10.7. The van der Waals surface area contributed by atoms with E-state index in [1.165, 1.54) is 33.2 Å². The lowest BCUT2D eigenvalue weighted by Crippen LogP contribution is -2.42. The highest BCUT2D eigenvalue weighted by Crippen LogP contribution is 2.18. The number of aliphatic carboxylic acids is 1. The number of sulfonamides is 1. The van der Waals surface area contributed by atoms with Gasteiger partial charge in [0.2, 0.25) is 15.9 Å². The number of hydrogen-bond acceptors (Lipinski definition) is 5. The average molecular weight is 344 g/mol. The lowest BCUT2D eigenvalue weighted by atomic mass is 10.1. The van der Waals surface area contributed by atoms with Crippen molar-refractivity contribution in [2.24, 2.45) is 0 Å². The Labute approximate surface area is 135 Å². The van der Waals surface area contributed by atoms with Crippen LogP contribution in [0.15, 0.2) is 24.3 Å². The van der Waals surface area contributed by atoms with Crippen LogP contribution in [-0.2, 0) is 19.6 Å². The fraction of sp³-hybridized carbons (Fsp3) is 0.429. The quantitative estimate of drug-likeness (QED) is 0.697. The second-order valence-electron chi connectivity index (χ2n) is 4.77. The summed E-state index contributed by atoms with van der Waals surface area (Å²) < 4.78 is 29.1. The van der Waals surface area contributed by atoms with Gasteiger partial charge in [0.15, 0.2) is 6.04 Å². The Morgan fingerprint density at radius 2 is 1.87 bits per heavy atom. The molecule has 0 fully saturated rings. The van der Waals surface area contributed by atoms with Crippen LogP contribution in [0.25, 0.3) is 0 Å². The number of carbonyl (C=O) groups is 2. The van der Waals surface area contributed by atoms with Gasteiger partial charge < -0.3 is 15.2 Å². The molecule has 23 heavy (non-hydrogen) atoms. The fourth-order valence-electron chi connectivity index (χ4n) is 1.81. The van der Waals surface area contributed by atoms with Crippen molar-refractivity contribution in [3.63, 3.8) is 0 Å². The van der Waals surface area contributed by atoms with Crippen LogP contribution in [0.4, 0.5) is 0 Å². The number of carboxylic acids is 1. The van der Waals surface area contributed by atoms with E-state index in [0.29, 0.717) is 11.3 Å². The van der Waals surface area contributed by atoms with Crippen molar-refractivity contribution in [2.45, 2.75) is 13.0 Å². The number of ether oxygens (including phenoxy) is 1. The van der Waals surface area contributed by atoms with Gasteiger partial charge in [-0.3, -0.25) is 4.79 Å². The molecule has 0 aromatic heterocycles. The van der Waals surface area contributed by atoms with E-state index in [9.17, 15) is 23.1 Å². The van der Waals surface area contributed by atoms with Crippen molar-refractivity contribution in [3.8, 4) is 5.75 Å². The van der Waals surface area contributed by atoms with E-state index in [1.54, 1.807) is 12.1 Å². The highest BCUT2D eigenvalue weighted by molar-refractivity contribution is 7.89. The van der Waals surface area contributed by atoms with E-state index in [4.69, 9.17) is 4.74 Å². The maximum Gasteiger partial charge on any atom is 0.330 e. The topological polar surface area (TPSA) is 113 Å². The third-order valence-electron chi connectivity index (χ3n) is 3.21. The Morgan fingerprint density at radius 3 is 2.30 bits per heavy atom. The normalized spacial score (nSPS) is 12.7. The molecule has 1 rings (SSSR count). The minimum absolute atomic E-state index is 0.141. The van der Waals surface area contributed by atoms with Crippen LogP contribution in [0.1, 0.15) is 18.5 Å². The van der Waals surface area contributed by atoms with Gasteiger partial charge >= 0.3 is 5.97 Å². The van der Waals surface area contributed by atoms with Gasteiger partial charge in [-0.25, -0.2) is 13.2 Å². The van der Waals surface area contributed by atoms with Crippen molar-refractivity contribution >= 4 is 21.9 Å². The summed E-state index contributed by atoms with van der Waals surface area (Å²) in [5.41, 5.74) is 0.354. The Bertz CT molecular complexity index is 656. The van der Waals surface area contributed by atoms with Crippen molar-refractivity contribution in [1.82, 2.24) is 9.62 Å². The zero-order valence-corrected chi connectivity index (χ0v) is 14.0. The molecule has 0 aliphatic heterocycles. The summed E-state index contributed by atoms with van der Waals surface area (Å²) in [6, 6.07) is 4.91. The minimum atomic E-state index is -3.51. The molecular weight excluding hydrogens is 324 g/mol. The number of amides is 1. The number of carbonyl (C=O) groups excluding carboxylic acids is 1. The van der Waals surface area contributed by atoms with E-state index in [1.807, 2.05) is 0 Å². The molecule has 0 aliphatic carbocycles. The zero-order chi connectivity index (χ0) is 17.6. The van der Waals surface area contributed by atoms with E-state index in [2.05, 4.69) is 5.32 Å². The Kier molecular flexibility index (Phi) is 6.52. The summed E-state index contributed by atoms with van der Waals surface area (Å²) in [6.45, 7) is 1.01. The lowest BCUT2D eigenvalue weighted by molar-refractivity contribution is -0.142. The number of nitrogens with zero attached hydrogens (tertiary/aromatic N) is 1. The maximum atomic E-state index is 11.9. The average Bonchev–Trinajstić information content (AvgIpc) is 2.52. The van der Waals surface area contributed by atoms with Crippen LogP contribution in [0, 0.1) is 0 Å². The second kappa shape index (κ2) is 7.93. The minimum Gasteiger partial charge on any atom is -0.497 e. The van der Waals surface area contributed by atoms with Gasteiger partial charge in [-0.05, 0) is 24.6 Å². The molecule has 0 saturated heterocycles. The molecule has 1 atom stereocenters. The Balaban J connectivity index is 2.83. The predicted octanol–water partition coefficient (Wildman–Crippen LogP) is 0.219. The van der Waals surface area contributed by atoms with E-state index >= 15 is 0 Å². The molecule has 0 bridgehead atoms. The summed E-state index contributed by atoms with van der Waals surface area (Å²) in [5, 5.41) is 11.6. The van der Waals surface area contributed by atoms with Crippen molar-refractivity contribution in [1.29, 1.82) is 0 Å². The fourth-order valence-corrected chi connectivity index (χ4v) is 2.57. The molecular formula is C14H20N2O6S. The molecule has 0 saturated carbocycles.